The Morgan fingerprint density at radius 1 is 1.22 bits per heavy atom. The number of amides is 3. The van der Waals surface area contributed by atoms with Crippen LogP contribution < -0.4 is 21.3 Å². The Kier molecular flexibility index (Phi) is 5.07. The fraction of sp³-hybridized carbons (Fsp3) is 0.111. The number of imide groups is 1. The molecule has 1 saturated heterocycles. The van der Waals surface area contributed by atoms with Gasteiger partial charge in [-0.2, -0.15) is 38.0 Å². The van der Waals surface area contributed by atoms with Crippen molar-refractivity contribution in [2.75, 3.05) is 17.2 Å². The maximum Gasteiger partial charge on any atom is 0.405 e. The summed E-state index contributed by atoms with van der Waals surface area (Å²) >= 11 is 0. The molecule has 0 bridgehead atoms. The number of nitrogens with one attached hydrogen (secondary N) is 4. The number of carbonyl (C=O) groups is 2. The number of anilines is 3. The number of carbonyl (C=O) groups excluding carboxylic acids is 2. The molecule has 0 aliphatic carbocycles. The molecular weight excluding hydrogens is 431 g/mol. The minimum Gasteiger partial charge on any atom is -0.345 e. The molecule has 4 N–H and O–H groups in total. The van der Waals surface area contributed by atoms with E-state index in [1.165, 1.54) is 18.3 Å². The van der Waals surface area contributed by atoms with Crippen LogP contribution in [0.1, 0.15) is 11.1 Å². The second kappa shape index (κ2) is 7.87. The van der Waals surface area contributed by atoms with Gasteiger partial charge in [0.05, 0.1) is 17.8 Å². The second-order valence-electron chi connectivity index (χ2n) is 6.46. The first-order valence-electron chi connectivity index (χ1n) is 8.89. The van der Waals surface area contributed by atoms with Crippen molar-refractivity contribution in [2.24, 2.45) is 0 Å². The molecule has 32 heavy (non-hydrogen) atoms. The topological polar surface area (TPSA) is 149 Å². The first-order valence-corrected chi connectivity index (χ1v) is 8.89. The largest absolute Gasteiger partial charge is 0.405 e. The van der Waals surface area contributed by atoms with E-state index in [1.54, 1.807) is 18.2 Å². The third kappa shape index (κ3) is 4.41. The molecule has 3 heterocycles. The molecule has 0 radical (unpaired) electrons. The average molecular weight is 443 g/mol. The zero-order valence-corrected chi connectivity index (χ0v) is 15.9. The summed E-state index contributed by atoms with van der Waals surface area (Å²) in [6.45, 7) is -1.38. The van der Waals surface area contributed by atoms with E-state index < -0.39 is 24.7 Å². The summed E-state index contributed by atoms with van der Waals surface area (Å²) in [5, 5.41) is 22.4. The zero-order valence-electron chi connectivity index (χ0n) is 15.9. The molecule has 1 fully saturated rings. The third-order valence-corrected chi connectivity index (χ3v) is 4.11. The van der Waals surface area contributed by atoms with Crippen LogP contribution in [0.3, 0.4) is 0 Å². The summed E-state index contributed by atoms with van der Waals surface area (Å²) in [5.41, 5.74) is 1.000. The Labute approximate surface area is 177 Å². The van der Waals surface area contributed by atoms with Gasteiger partial charge >= 0.3 is 12.2 Å². The van der Waals surface area contributed by atoms with Gasteiger partial charge in [0.1, 0.15) is 12.2 Å². The van der Waals surface area contributed by atoms with Crippen molar-refractivity contribution in [1.82, 2.24) is 30.2 Å². The molecule has 1 aliphatic rings. The van der Waals surface area contributed by atoms with E-state index in [0.29, 0.717) is 11.3 Å². The summed E-state index contributed by atoms with van der Waals surface area (Å²) < 4.78 is 39.3. The lowest BCUT2D eigenvalue weighted by molar-refractivity contribution is -0.116. The minimum absolute atomic E-state index is 0.0602. The van der Waals surface area contributed by atoms with Crippen molar-refractivity contribution >= 4 is 41.2 Å². The van der Waals surface area contributed by atoms with E-state index in [9.17, 15) is 22.8 Å². The maximum atomic E-state index is 12.8. The van der Waals surface area contributed by atoms with Gasteiger partial charge in [-0.1, -0.05) is 6.07 Å². The SMILES string of the molecule is N#Cc1cccc(Nc2nc(NCC(F)(F)F)n3ncc(/C=C4\NC(=O)NC4=O)c3n2)c1. The zero-order chi connectivity index (χ0) is 22.9. The van der Waals surface area contributed by atoms with Crippen LogP contribution in [0.25, 0.3) is 11.7 Å². The van der Waals surface area contributed by atoms with Crippen LogP contribution in [0.4, 0.5) is 35.5 Å². The highest BCUT2D eigenvalue weighted by Crippen LogP contribution is 2.22. The van der Waals surface area contributed by atoms with Gasteiger partial charge in [-0.25, -0.2) is 4.79 Å². The molecular formula is C18H12F3N9O2. The average Bonchev–Trinajstić information content (AvgIpc) is 3.28. The van der Waals surface area contributed by atoms with E-state index >= 15 is 0 Å². The molecule has 0 atom stereocenters. The molecule has 0 saturated carbocycles. The van der Waals surface area contributed by atoms with E-state index in [1.807, 2.05) is 11.4 Å². The Hall–Kier alpha value is -4.67. The van der Waals surface area contributed by atoms with Crippen molar-refractivity contribution in [3.8, 4) is 6.07 Å². The lowest BCUT2D eigenvalue weighted by atomic mass is 10.2. The summed E-state index contributed by atoms with van der Waals surface area (Å²) in [7, 11) is 0. The van der Waals surface area contributed by atoms with Gasteiger partial charge in [0.2, 0.25) is 11.9 Å². The third-order valence-electron chi connectivity index (χ3n) is 4.11. The molecule has 14 heteroatoms. The highest BCUT2D eigenvalue weighted by atomic mass is 19.4. The van der Waals surface area contributed by atoms with Crippen LogP contribution in [0.2, 0.25) is 0 Å². The number of rotatable bonds is 5. The standard InChI is InChI=1S/C18H12F3N9O2/c19-18(20,21)8-23-16-29-15(25-11-3-1-2-9(4-11)6-22)27-13-10(7-24-30(13)16)5-12-14(31)28-17(32)26-12/h1-5,7H,8H2,(H2,23,25,27,29)(H2,26,28,31,32)/b12-5-. The fourth-order valence-corrected chi connectivity index (χ4v) is 2.78. The van der Waals surface area contributed by atoms with Gasteiger partial charge in [-0.15, -0.1) is 0 Å². The molecule has 1 aliphatic heterocycles. The molecule has 1 aromatic carbocycles. The summed E-state index contributed by atoms with van der Waals surface area (Å²) in [6.07, 6.45) is -1.98. The van der Waals surface area contributed by atoms with Gasteiger partial charge in [-0.3, -0.25) is 10.1 Å². The molecule has 3 aromatic rings. The van der Waals surface area contributed by atoms with Crippen LogP contribution >= 0.6 is 0 Å². The van der Waals surface area contributed by atoms with Crippen molar-refractivity contribution in [3.63, 3.8) is 0 Å². The van der Waals surface area contributed by atoms with Gasteiger partial charge in [-0.05, 0) is 24.3 Å². The van der Waals surface area contributed by atoms with Gasteiger partial charge in [0.25, 0.3) is 5.91 Å². The predicted molar refractivity (Wildman–Crippen MR) is 104 cm³/mol. The number of hydrogen-bond donors (Lipinski definition) is 4. The Bertz CT molecular complexity index is 1310. The Balaban J connectivity index is 1.77. The number of nitriles is 1. The summed E-state index contributed by atoms with van der Waals surface area (Å²) in [5.74, 6) is -1.03. The molecule has 0 unspecified atom stereocenters. The number of benzene rings is 1. The number of alkyl halides is 3. The molecule has 4 rings (SSSR count). The molecule has 2 aromatic heterocycles. The first kappa shape index (κ1) is 20.6. The molecule has 0 spiro atoms. The lowest BCUT2D eigenvalue weighted by Crippen LogP contribution is -2.23. The fourth-order valence-electron chi connectivity index (χ4n) is 2.78. The molecule has 11 nitrogen and oxygen atoms in total. The minimum atomic E-state index is -4.52. The Morgan fingerprint density at radius 3 is 2.72 bits per heavy atom. The van der Waals surface area contributed by atoms with Crippen LogP contribution in [0, 0.1) is 11.3 Å². The van der Waals surface area contributed by atoms with Gasteiger partial charge < -0.3 is 16.0 Å². The van der Waals surface area contributed by atoms with Gasteiger partial charge in [0.15, 0.2) is 5.65 Å². The highest BCUT2D eigenvalue weighted by Gasteiger charge is 2.28. The normalized spacial score (nSPS) is 14.9. The van der Waals surface area contributed by atoms with E-state index in [4.69, 9.17) is 5.26 Å². The Morgan fingerprint density at radius 2 is 2.03 bits per heavy atom. The number of hydrogen-bond acceptors (Lipinski definition) is 8. The number of fused-ring (bicyclic) bond motifs is 1. The van der Waals surface area contributed by atoms with Crippen LogP contribution in [-0.2, 0) is 4.79 Å². The van der Waals surface area contributed by atoms with Crippen molar-refractivity contribution in [2.45, 2.75) is 6.18 Å². The number of nitrogens with zero attached hydrogens (tertiary/aromatic N) is 5. The molecule has 3 amide bonds. The van der Waals surface area contributed by atoms with Gasteiger partial charge in [0, 0.05) is 11.3 Å². The van der Waals surface area contributed by atoms with Crippen LogP contribution in [-0.4, -0.2) is 44.2 Å². The second-order valence-corrected chi connectivity index (χ2v) is 6.46. The summed E-state index contributed by atoms with van der Waals surface area (Å²) in [4.78, 5) is 31.4. The molecule has 162 valence electrons. The van der Waals surface area contributed by atoms with E-state index in [-0.39, 0.29) is 28.8 Å². The lowest BCUT2D eigenvalue weighted by Gasteiger charge is -2.12. The van der Waals surface area contributed by atoms with Crippen molar-refractivity contribution < 1.29 is 22.8 Å². The van der Waals surface area contributed by atoms with E-state index in [2.05, 4.69) is 31.0 Å². The van der Waals surface area contributed by atoms with Crippen molar-refractivity contribution in [3.05, 3.63) is 47.3 Å². The number of urea groups is 1. The van der Waals surface area contributed by atoms with Crippen LogP contribution in [0.5, 0.6) is 0 Å². The smallest absolute Gasteiger partial charge is 0.345 e. The summed E-state index contributed by atoms with van der Waals surface area (Å²) in [6, 6.07) is 7.58. The predicted octanol–water partition coefficient (Wildman–Crippen LogP) is 1.89. The maximum absolute atomic E-state index is 12.8. The highest BCUT2D eigenvalue weighted by molar-refractivity contribution is 6.14. The van der Waals surface area contributed by atoms with Crippen LogP contribution in [0.15, 0.2) is 36.2 Å². The number of aromatic nitrogens is 4. The quantitative estimate of drug-likeness (QED) is 0.345. The monoisotopic (exact) mass is 443 g/mol. The number of halogens is 3. The van der Waals surface area contributed by atoms with Crippen molar-refractivity contribution in [1.29, 1.82) is 5.26 Å². The first-order chi connectivity index (χ1) is 15.2. The van der Waals surface area contributed by atoms with E-state index in [0.717, 1.165) is 4.52 Å².